The Morgan fingerprint density at radius 1 is 1.33 bits per heavy atom. The van der Waals surface area contributed by atoms with Crippen LogP contribution in [0.3, 0.4) is 0 Å². The van der Waals surface area contributed by atoms with Crippen LogP contribution in [0.15, 0.2) is 36.7 Å². The van der Waals surface area contributed by atoms with Gasteiger partial charge in [-0.15, -0.1) is 0 Å². The molecule has 2 rings (SSSR count). The second kappa shape index (κ2) is 5.80. The molecule has 1 N–H and O–H groups in total. The lowest BCUT2D eigenvalue weighted by Crippen LogP contribution is -2.18. The summed E-state index contributed by atoms with van der Waals surface area (Å²) in [6, 6.07) is 7.69. The Morgan fingerprint density at radius 2 is 2.17 bits per heavy atom. The summed E-state index contributed by atoms with van der Waals surface area (Å²) >= 11 is 5.94. The molecule has 0 saturated carbocycles. The van der Waals surface area contributed by atoms with Gasteiger partial charge in [-0.25, -0.2) is 4.98 Å². The first-order chi connectivity index (χ1) is 8.69. The number of aliphatic hydroxyl groups is 1. The number of rotatable bonds is 4. The summed E-state index contributed by atoms with van der Waals surface area (Å²) in [6.07, 6.45) is 3.22. The molecule has 0 radical (unpaired) electrons. The molecule has 18 heavy (non-hydrogen) atoms. The van der Waals surface area contributed by atoms with Gasteiger partial charge < -0.3 is 10.0 Å². The molecule has 94 valence electrons. The van der Waals surface area contributed by atoms with Gasteiger partial charge in [0.2, 0.25) is 0 Å². The van der Waals surface area contributed by atoms with Crippen molar-refractivity contribution in [1.29, 1.82) is 0 Å². The van der Waals surface area contributed by atoms with Crippen molar-refractivity contribution in [1.82, 2.24) is 9.97 Å². The molecule has 1 aromatic carbocycles. The first-order valence-electron chi connectivity index (χ1n) is 5.56. The minimum absolute atomic E-state index is 0.105. The van der Waals surface area contributed by atoms with Crippen LogP contribution in [0.1, 0.15) is 11.3 Å². The van der Waals surface area contributed by atoms with Gasteiger partial charge in [0.1, 0.15) is 5.82 Å². The van der Waals surface area contributed by atoms with Gasteiger partial charge in [0.25, 0.3) is 0 Å². The number of anilines is 1. The number of hydrogen-bond acceptors (Lipinski definition) is 4. The molecular weight excluding hydrogens is 250 g/mol. The zero-order chi connectivity index (χ0) is 13.0. The largest absolute Gasteiger partial charge is 0.390 e. The summed E-state index contributed by atoms with van der Waals surface area (Å²) in [7, 11) is 1.92. The summed E-state index contributed by atoms with van der Waals surface area (Å²) in [4.78, 5) is 10.3. The Labute approximate surface area is 111 Å². The average Bonchev–Trinajstić information content (AvgIpc) is 2.39. The van der Waals surface area contributed by atoms with E-state index in [1.807, 2.05) is 36.2 Å². The average molecular weight is 264 g/mol. The predicted molar refractivity (Wildman–Crippen MR) is 71.5 cm³/mol. The number of hydrogen-bond donors (Lipinski definition) is 1. The second-order valence-electron chi connectivity index (χ2n) is 4.01. The highest BCUT2D eigenvalue weighted by Crippen LogP contribution is 2.15. The van der Waals surface area contributed by atoms with E-state index < -0.39 is 0 Å². The molecule has 0 atom stereocenters. The summed E-state index contributed by atoms with van der Waals surface area (Å²) in [5.74, 6) is 0.724. The Kier molecular flexibility index (Phi) is 4.12. The number of halogens is 1. The van der Waals surface area contributed by atoms with E-state index in [0.717, 1.165) is 16.4 Å². The van der Waals surface area contributed by atoms with E-state index in [9.17, 15) is 0 Å². The molecule has 0 amide bonds. The van der Waals surface area contributed by atoms with Gasteiger partial charge in [-0.05, 0) is 17.7 Å². The predicted octanol–water partition coefficient (Wildman–Crippen LogP) is 2.26. The third-order valence-corrected chi connectivity index (χ3v) is 2.77. The van der Waals surface area contributed by atoms with Crippen LogP contribution < -0.4 is 4.90 Å². The van der Waals surface area contributed by atoms with Crippen LogP contribution in [0, 0.1) is 0 Å². The van der Waals surface area contributed by atoms with Crippen LogP contribution in [0.4, 0.5) is 5.82 Å². The fourth-order valence-electron chi connectivity index (χ4n) is 1.65. The van der Waals surface area contributed by atoms with Crippen molar-refractivity contribution in [2.75, 3.05) is 11.9 Å². The molecular formula is C13H14ClN3O. The van der Waals surface area contributed by atoms with Crippen molar-refractivity contribution in [3.63, 3.8) is 0 Å². The highest BCUT2D eigenvalue weighted by Gasteiger charge is 2.05. The first-order valence-corrected chi connectivity index (χ1v) is 5.94. The Morgan fingerprint density at radius 3 is 2.89 bits per heavy atom. The summed E-state index contributed by atoms with van der Waals surface area (Å²) in [5.41, 5.74) is 1.66. The molecule has 0 aliphatic carbocycles. The maximum atomic E-state index is 9.03. The summed E-state index contributed by atoms with van der Waals surface area (Å²) < 4.78 is 0. The monoisotopic (exact) mass is 263 g/mol. The zero-order valence-electron chi connectivity index (χ0n) is 10.0. The van der Waals surface area contributed by atoms with Gasteiger partial charge in [-0.2, -0.15) is 0 Å². The van der Waals surface area contributed by atoms with Crippen LogP contribution in [0.5, 0.6) is 0 Å². The fraction of sp³-hybridized carbons (Fsp3) is 0.231. The van der Waals surface area contributed by atoms with Gasteiger partial charge in [0.05, 0.1) is 24.7 Å². The molecule has 0 aliphatic rings. The number of aromatic nitrogens is 2. The smallest absolute Gasteiger partial charge is 0.147 e. The topological polar surface area (TPSA) is 49.2 Å². The van der Waals surface area contributed by atoms with Crippen LogP contribution >= 0.6 is 11.6 Å². The van der Waals surface area contributed by atoms with Crippen molar-refractivity contribution in [2.45, 2.75) is 13.2 Å². The van der Waals surface area contributed by atoms with Gasteiger partial charge >= 0.3 is 0 Å². The molecule has 4 nitrogen and oxygen atoms in total. The van der Waals surface area contributed by atoms with Crippen molar-refractivity contribution in [3.8, 4) is 0 Å². The van der Waals surface area contributed by atoms with E-state index in [4.69, 9.17) is 16.7 Å². The van der Waals surface area contributed by atoms with Crippen molar-refractivity contribution < 1.29 is 5.11 Å². The van der Waals surface area contributed by atoms with Gasteiger partial charge in [-0.1, -0.05) is 23.7 Å². The van der Waals surface area contributed by atoms with E-state index in [0.29, 0.717) is 12.2 Å². The maximum Gasteiger partial charge on any atom is 0.147 e. The van der Waals surface area contributed by atoms with E-state index in [1.165, 1.54) is 0 Å². The fourth-order valence-corrected chi connectivity index (χ4v) is 1.86. The van der Waals surface area contributed by atoms with Crippen LogP contribution in [0.25, 0.3) is 0 Å². The van der Waals surface area contributed by atoms with Crippen molar-refractivity contribution in [2.24, 2.45) is 0 Å². The van der Waals surface area contributed by atoms with Crippen LogP contribution in [-0.4, -0.2) is 22.1 Å². The van der Waals surface area contributed by atoms with Crippen molar-refractivity contribution in [3.05, 3.63) is 52.9 Å². The lowest BCUT2D eigenvalue weighted by atomic mass is 10.2. The first kappa shape index (κ1) is 12.8. The highest BCUT2D eigenvalue weighted by atomic mass is 35.5. The maximum absolute atomic E-state index is 9.03. The van der Waals surface area contributed by atoms with E-state index in [-0.39, 0.29) is 6.61 Å². The molecule has 0 aliphatic heterocycles. The Balaban J connectivity index is 2.13. The van der Waals surface area contributed by atoms with Crippen molar-refractivity contribution >= 4 is 17.4 Å². The minimum atomic E-state index is -0.105. The van der Waals surface area contributed by atoms with Gasteiger partial charge in [0, 0.05) is 18.6 Å². The van der Waals surface area contributed by atoms with E-state index in [2.05, 4.69) is 9.97 Å². The molecule has 0 fully saturated rings. The van der Waals surface area contributed by atoms with Crippen LogP contribution in [0.2, 0.25) is 5.02 Å². The molecule has 0 unspecified atom stereocenters. The molecule has 5 heteroatoms. The van der Waals surface area contributed by atoms with E-state index >= 15 is 0 Å². The molecule has 0 spiro atoms. The third kappa shape index (κ3) is 3.18. The number of aliphatic hydroxyl groups excluding tert-OH is 1. The van der Waals surface area contributed by atoms with Gasteiger partial charge in [-0.3, -0.25) is 4.98 Å². The molecule has 0 bridgehead atoms. The lowest BCUT2D eigenvalue weighted by molar-refractivity contribution is 0.276. The standard InChI is InChI=1S/C13H14ClN3O/c1-17(8-10-3-2-4-11(14)5-10)13-7-15-6-12(9-18)16-13/h2-7,18H,8-9H2,1H3. The lowest BCUT2D eigenvalue weighted by Gasteiger charge is -2.18. The summed E-state index contributed by atoms with van der Waals surface area (Å²) in [6.45, 7) is 0.579. The van der Waals surface area contributed by atoms with Gasteiger partial charge in [0.15, 0.2) is 0 Å². The SMILES string of the molecule is CN(Cc1cccc(Cl)c1)c1cncc(CO)n1. The third-order valence-electron chi connectivity index (χ3n) is 2.53. The quantitative estimate of drug-likeness (QED) is 0.919. The molecule has 1 heterocycles. The van der Waals surface area contributed by atoms with E-state index in [1.54, 1.807) is 12.4 Å². The Hall–Kier alpha value is -1.65. The van der Waals surface area contributed by atoms with Crippen LogP contribution in [-0.2, 0) is 13.2 Å². The highest BCUT2D eigenvalue weighted by molar-refractivity contribution is 6.30. The zero-order valence-corrected chi connectivity index (χ0v) is 10.8. The second-order valence-corrected chi connectivity index (χ2v) is 4.45. The number of nitrogens with zero attached hydrogens (tertiary/aromatic N) is 3. The minimum Gasteiger partial charge on any atom is -0.390 e. The normalized spacial score (nSPS) is 10.4. The summed E-state index contributed by atoms with van der Waals surface area (Å²) in [5, 5.41) is 9.75. The number of benzene rings is 1. The molecule has 0 saturated heterocycles. The Bertz CT molecular complexity index is 533. The molecule has 2 aromatic rings. The molecule has 1 aromatic heterocycles.